The number of aromatic nitrogens is 1. The van der Waals surface area contributed by atoms with Crippen LogP contribution in [0.25, 0.3) is 0 Å². The first-order chi connectivity index (χ1) is 14.2. The maximum absolute atomic E-state index is 11.6. The Labute approximate surface area is 175 Å². The fourth-order valence-electron chi connectivity index (χ4n) is 5.85. The summed E-state index contributed by atoms with van der Waals surface area (Å²) in [5.41, 5.74) is 0.623. The van der Waals surface area contributed by atoms with Gasteiger partial charge in [0.15, 0.2) is 5.76 Å². The van der Waals surface area contributed by atoms with Gasteiger partial charge in [-0.15, -0.1) is 0 Å². The maximum atomic E-state index is 11.6. The molecule has 2 aromatic rings. The van der Waals surface area contributed by atoms with Crippen LogP contribution >= 0.6 is 11.6 Å². The van der Waals surface area contributed by atoms with E-state index in [1.807, 2.05) is 18.2 Å². The first-order valence-electron chi connectivity index (χ1n) is 11.0. The molecular formula is C23H28ClNO4. The molecule has 0 radical (unpaired) electrons. The van der Waals surface area contributed by atoms with Crippen LogP contribution in [-0.4, -0.2) is 4.98 Å². The van der Waals surface area contributed by atoms with E-state index in [1.54, 1.807) is 6.20 Å². The highest BCUT2D eigenvalue weighted by atomic mass is 35.5. The molecule has 3 aliphatic rings. The third-order valence-corrected chi connectivity index (χ3v) is 7.33. The van der Waals surface area contributed by atoms with E-state index in [0.717, 1.165) is 37.0 Å². The number of hydrogen-bond acceptors (Lipinski definition) is 4. The average Bonchev–Trinajstić information content (AvgIpc) is 3.21. The lowest BCUT2D eigenvalue weighted by Gasteiger charge is -2.52. The van der Waals surface area contributed by atoms with Gasteiger partial charge in [0.1, 0.15) is 11.4 Å². The largest absolute Gasteiger partial charge is 0.457 e. The van der Waals surface area contributed by atoms with Crippen LogP contribution in [0.3, 0.4) is 0 Å². The van der Waals surface area contributed by atoms with E-state index in [4.69, 9.17) is 25.5 Å². The zero-order valence-corrected chi connectivity index (χ0v) is 17.4. The molecule has 6 heteroatoms. The van der Waals surface area contributed by atoms with E-state index in [2.05, 4.69) is 4.98 Å². The number of fused-ring (bicyclic) bond motifs is 1. The molecule has 1 N–H and O–H groups in total. The molecule has 1 aromatic heterocycles. The molecule has 2 aliphatic carbocycles. The normalized spacial score (nSPS) is 25.3. The van der Waals surface area contributed by atoms with Crippen molar-refractivity contribution in [2.45, 2.75) is 76.1 Å². The van der Waals surface area contributed by atoms with Crippen LogP contribution in [0.15, 0.2) is 33.6 Å². The SMILES string of the molecule is O=c1[nH]cc(C2Oc3ccc(Cl)cc3C(C3CCCCC3)(C3CCCCC3)O2)o1. The number of aromatic amines is 1. The summed E-state index contributed by atoms with van der Waals surface area (Å²) in [5, 5.41) is 0.707. The lowest BCUT2D eigenvalue weighted by atomic mass is 9.63. The molecule has 1 unspecified atom stereocenters. The van der Waals surface area contributed by atoms with E-state index < -0.39 is 17.6 Å². The van der Waals surface area contributed by atoms with Crippen LogP contribution in [0.2, 0.25) is 5.02 Å². The summed E-state index contributed by atoms with van der Waals surface area (Å²) in [5.74, 6) is 1.52. The minimum absolute atomic E-state index is 0.395. The maximum Gasteiger partial charge on any atom is 0.416 e. The zero-order chi connectivity index (χ0) is 19.8. The molecule has 1 aromatic carbocycles. The van der Waals surface area contributed by atoms with Gasteiger partial charge in [-0.2, -0.15) is 0 Å². The van der Waals surface area contributed by atoms with Crippen LogP contribution in [0.5, 0.6) is 5.75 Å². The number of hydrogen-bond donors (Lipinski definition) is 1. The molecule has 0 amide bonds. The molecule has 29 heavy (non-hydrogen) atoms. The lowest BCUT2D eigenvalue weighted by molar-refractivity contribution is -0.259. The number of oxazole rings is 1. The van der Waals surface area contributed by atoms with Gasteiger partial charge in [0, 0.05) is 10.6 Å². The second-order valence-corrected chi connectivity index (χ2v) is 9.19. The first kappa shape index (κ1) is 19.3. The predicted octanol–water partition coefficient (Wildman–Crippen LogP) is 6.09. The molecule has 2 fully saturated rings. The van der Waals surface area contributed by atoms with Crippen molar-refractivity contribution < 1.29 is 13.9 Å². The molecule has 1 atom stereocenters. The summed E-state index contributed by atoms with van der Waals surface area (Å²) >= 11 is 6.46. The fourth-order valence-corrected chi connectivity index (χ4v) is 6.02. The van der Waals surface area contributed by atoms with Gasteiger partial charge in [0.05, 0.1) is 6.20 Å². The molecule has 2 heterocycles. The quantitative estimate of drug-likeness (QED) is 0.656. The smallest absolute Gasteiger partial charge is 0.416 e. The number of ether oxygens (including phenoxy) is 2. The lowest BCUT2D eigenvalue weighted by Crippen LogP contribution is -2.50. The van der Waals surface area contributed by atoms with Crippen LogP contribution in [0, 0.1) is 11.8 Å². The van der Waals surface area contributed by atoms with Gasteiger partial charge in [-0.3, -0.25) is 4.98 Å². The van der Waals surface area contributed by atoms with E-state index in [0.29, 0.717) is 22.6 Å². The van der Waals surface area contributed by atoms with E-state index >= 15 is 0 Å². The Morgan fingerprint density at radius 2 is 1.62 bits per heavy atom. The Balaban J connectivity index is 1.66. The summed E-state index contributed by atoms with van der Waals surface area (Å²) < 4.78 is 18.4. The van der Waals surface area contributed by atoms with Crippen molar-refractivity contribution in [2.75, 3.05) is 0 Å². The van der Waals surface area contributed by atoms with Crippen molar-refractivity contribution in [3.8, 4) is 5.75 Å². The van der Waals surface area contributed by atoms with Crippen molar-refractivity contribution in [1.29, 1.82) is 0 Å². The monoisotopic (exact) mass is 417 g/mol. The Bertz CT molecular complexity index is 890. The molecule has 0 bridgehead atoms. The molecule has 0 saturated heterocycles. The number of rotatable bonds is 3. The molecule has 2 saturated carbocycles. The van der Waals surface area contributed by atoms with Crippen molar-refractivity contribution in [2.24, 2.45) is 11.8 Å². The standard InChI is InChI=1S/C23H28ClNO4/c24-17-11-12-19-18(13-17)23(15-7-3-1-4-8-15,16-9-5-2-6-10-16)29-21(27-19)20-14-25-22(26)28-20/h11-16,21H,1-10H2,(H,25,26). The van der Waals surface area contributed by atoms with Gasteiger partial charge in [0.2, 0.25) is 0 Å². The van der Waals surface area contributed by atoms with Gasteiger partial charge < -0.3 is 13.9 Å². The van der Waals surface area contributed by atoms with Crippen molar-refractivity contribution in [3.05, 3.63) is 51.3 Å². The van der Waals surface area contributed by atoms with Crippen molar-refractivity contribution in [3.63, 3.8) is 0 Å². The Hall–Kier alpha value is -1.72. The molecular weight excluding hydrogens is 390 g/mol. The third kappa shape index (κ3) is 3.42. The minimum Gasteiger partial charge on any atom is -0.457 e. The molecule has 5 nitrogen and oxygen atoms in total. The zero-order valence-electron chi connectivity index (χ0n) is 16.6. The summed E-state index contributed by atoms with van der Waals surface area (Å²) in [6, 6.07) is 5.85. The van der Waals surface area contributed by atoms with Gasteiger partial charge in [-0.1, -0.05) is 50.1 Å². The second kappa shape index (κ2) is 7.84. The van der Waals surface area contributed by atoms with Crippen LogP contribution in [0.4, 0.5) is 0 Å². The Morgan fingerprint density at radius 1 is 0.966 bits per heavy atom. The number of H-pyrrole nitrogens is 1. The Morgan fingerprint density at radius 3 is 2.21 bits per heavy atom. The molecule has 0 spiro atoms. The third-order valence-electron chi connectivity index (χ3n) is 7.10. The first-order valence-corrected chi connectivity index (χ1v) is 11.4. The Kier molecular flexibility index (Phi) is 5.21. The number of halogens is 1. The number of benzene rings is 1. The van der Waals surface area contributed by atoms with Crippen LogP contribution < -0.4 is 10.5 Å². The van der Waals surface area contributed by atoms with Crippen LogP contribution in [0.1, 0.15) is 81.8 Å². The highest BCUT2D eigenvalue weighted by Gasteiger charge is 2.54. The number of nitrogens with one attached hydrogen (secondary N) is 1. The van der Waals surface area contributed by atoms with E-state index in [1.165, 1.54) is 38.5 Å². The average molecular weight is 418 g/mol. The summed E-state index contributed by atoms with van der Waals surface area (Å²) in [7, 11) is 0. The molecule has 1 aliphatic heterocycles. The van der Waals surface area contributed by atoms with E-state index in [-0.39, 0.29) is 0 Å². The highest BCUT2D eigenvalue weighted by molar-refractivity contribution is 6.30. The van der Waals surface area contributed by atoms with Gasteiger partial charge in [-0.05, 0) is 55.7 Å². The van der Waals surface area contributed by atoms with Crippen molar-refractivity contribution >= 4 is 11.6 Å². The van der Waals surface area contributed by atoms with Crippen molar-refractivity contribution in [1.82, 2.24) is 4.98 Å². The topological polar surface area (TPSA) is 64.5 Å². The second-order valence-electron chi connectivity index (χ2n) is 8.75. The minimum atomic E-state index is -0.730. The highest BCUT2D eigenvalue weighted by Crippen LogP contribution is 2.58. The van der Waals surface area contributed by atoms with Crippen LogP contribution in [-0.2, 0) is 10.3 Å². The van der Waals surface area contributed by atoms with Gasteiger partial charge in [0.25, 0.3) is 6.29 Å². The summed E-state index contributed by atoms with van der Waals surface area (Å²) in [4.78, 5) is 14.2. The molecule has 156 valence electrons. The predicted molar refractivity (Wildman–Crippen MR) is 110 cm³/mol. The van der Waals surface area contributed by atoms with E-state index in [9.17, 15) is 4.79 Å². The van der Waals surface area contributed by atoms with Gasteiger partial charge in [-0.25, -0.2) is 4.79 Å². The van der Waals surface area contributed by atoms with Gasteiger partial charge >= 0.3 is 5.76 Å². The molecule has 5 rings (SSSR count). The fraction of sp³-hybridized carbons (Fsp3) is 0.609. The summed E-state index contributed by atoms with van der Waals surface area (Å²) in [6.45, 7) is 0. The summed E-state index contributed by atoms with van der Waals surface area (Å²) in [6.07, 6.45) is 12.9.